The minimum absolute atomic E-state index is 0.122. The Labute approximate surface area is 171 Å². The first kappa shape index (κ1) is 19.5. The summed E-state index contributed by atoms with van der Waals surface area (Å²) in [5.41, 5.74) is 4.32. The molecule has 2 aromatic heterocycles. The highest BCUT2D eigenvalue weighted by atomic mass is 16.3. The predicted molar refractivity (Wildman–Crippen MR) is 112 cm³/mol. The Morgan fingerprint density at radius 1 is 1.28 bits per heavy atom. The quantitative estimate of drug-likeness (QED) is 0.696. The maximum atomic E-state index is 12.3. The van der Waals surface area contributed by atoms with Crippen molar-refractivity contribution in [1.82, 2.24) is 20.0 Å². The molecule has 0 radical (unpaired) electrons. The van der Waals surface area contributed by atoms with Crippen LogP contribution in [-0.4, -0.2) is 40.2 Å². The Balaban J connectivity index is 1.37. The highest BCUT2D eigenvalue weighted by molar-refractivity contribution is 5.92. The molecule has 1 unspecified atom stereocenters. The summed E-state index contributed by atoms with van der Waals surface area (Å²) >= 11 is 0. The Hall–Kier alpha value is -2.86. The molecule has 0 spiro atoms. The molecule has 1 aliphatic heterocycles. The first-order valence-electron chi connectivity index (χ1n) is 10.2. The van der Waals surface area contributed by atoms with Gasteiger partial charge in [0.05, 0.1) is 12.0 Å². The van der Waals surface area contributed by atoms with Gasteiger partial charge in [-0.05, 0) is 38.3 Å². The summed E-state index contributed by atoms with van der Waals surface area (Å²) in [5, 5.41) is 7.73. The van der Waals surface area contributed by atoms with Gasteiger partial charge in [0.1, 0.15) is 0 Å². The van der Waals surface area contributed by atoms with Crippen molar-refractivity contribution in [3.8, 4) is 11.3 Å². The van der Waals surface area contributed by atoms with Crippen molar-refractivity contribution in [3.05, 3.63) is 65.7 Å². The zero-order valence-corrected chi connectivity index (χ0v) is 17.1. The molecular formula is C23H28N4O2. The SMILES string of the molecule is Cc1ccoc1C(=O)NCC1CCCN(Cc2cn(C)nc2-c2ccccc2)C1. The topological polar surface area (TPSA) is 63.3 Å². The molecule has 1 aliphatic rings. The van der Waals surface area contributed by atoms with Gasteiger partial charge in [-0.15, -0.1) is 0 Å². The lowest BCUT2D eigenvalue weighted by Gasteiger charge is -2.32. The van der Waals surface area contributed by atoms with E-state index in [9.17, 15) is 4.79 Å². The van der Waals surface area contributed by atoms with E-state index >= 15 is 0 Å². The number of amides is 1. The normalized spacial score (nSPS) is 17.4. The van der Waals surface area contributed by atoms with Crippen LogP contribution in [-0.2, 0) is 13.6 Å². The van der Waals surface area contributed by atoms with Gasteiger partial charge >= 0.3 is 0 Å². The van der Waals surface area contributed by atoms with E-state index in [0.717, 1.165) is 49.3 Å². The van der Waals surface area contributed by atoms with Crippen LogP contribution >= 0.6 is 0 Å². The van der Waals surface area contributed by atoms with E-state index in [1.807, 2.05) is 42.9 Å². The number of hydrogen-bond acceptors (Lipinski definition) is 4. The highest BCUT2D eigenvalue weighted by Crippen LogP contribution is 2.25. The number of aryl methyl sites for hydroxylation is 2. The monoisotopic (exact) mass is 392 g/mol. The van der Waals surface area contributed by atoms with Crippen LogP contribution in [0.2, 0.25) is 0 Å². The van der Waals surface area contributed by atoms with Gasteiger partial charge in [0.15, 0.2) is 5.76 Å². The standard InChI is InChI=1S/C23H28N4O2/c1-17-10-12-29-22(17)23(28)24-13-18-7-6-11-27(14-18)16-20-15-26(2)25-21(20)19-8-4-3-5-9-19/h3-5,8-10,12,15,18H,6-7,11,13-14,16H2,1-2H3,(H,24,28). The highest BCUT2D eigenvalue weighted by Gasteiger charge is 2.23. The molecule has 0 aliphatic carbocycles. The van der Waals surface area contributed by atoms with E-state index in [0.29, 0.717) is 18.2 Å². The maximum absolute atomic E-state index is 12.3. The molecule has 152 valence electrons. The molecule has 1 saturated heterocycles. The number of rotatable bonds is 6. The van der Waals surface area contributed by atoms with E-state index < -0.39 is 0 Å². The van der Waals surface area contributed by atoms with Crippen molar-refractivity contribution in [2.24, 2.45) is 13.0 Å². The second-order valence-corrected chi connectivity index (χ2v) is 7.93. The van der Waals surface area contributed by atoms with Gasteiger partial charge in [-0.1, -0.05) is 30.3 Å². The van der Waals surface area contributed by atoms with Crippen LogP contribution in [0.1, 0.15) is 34.5 Å². The van der Waals surface area contributed by atoms with Crippen molar-refractivity contribution >= 4 is 5.91 Å². The molecule has 6 nitrogen and oxygen atoms in total. The fraction of sp³-hybridized carbons (Fsp3) is 0.391. The first-order chi connectivity index (χ1) is 14.1. The number of furan rings is 1. The Kier molecular flexibility index (Phi) is 5.81. The number of benzene rings is 1. The third-order valence-electron chi connectivity index (χ3n) is 5.57. The second kappa shape index (κ2) is 8.66. The van der Waals surface area contributed by atoms with E-state index in [4.69, 9.17) is 4.42 Å². The van der Waals surface area contributed by atoms with Gasteiger partial charge in [0.25, 0.3) is 5.91 Å². The molecule has 0 saturated carbocycles. The Morgan fingerprint density at radius 2 is 2.10 bits per heavy atom. The van der Waals surface area contributed by atoms with Gasteiger partial charge in [-0.25, -0.2) is 0 Å². The molecule has 1 fully saturated rings. The molecule has 3 aromatic rings. The molecular weight excluding hydrogens is 364 g/mol. The number of carbonyl (C=O) groups is 1. The number of likely N-dealkylation sites (tertiary alicyclic amines) is 1. The number of hydrogen-bond donors (Lipinski definition) is 1. The summed E-state index contributed by atoms with van der Waals surface area (Å²) in [6.45, 7) is 5.48. The summed E-state index contributed by atoms with van der Waals surface area (Å²) < 4.78 is 7.19. The molecule has 1 N–H and O–H groups in total. The predicted octanol–water partition coefficient (Wildman–Crippen LogP) is 3.63. The van der Waals surface area contributed by atoms with Crippen LogP contribution in [0.3, 0.4) is 0 Å². The summed E-state index contributed by atoms with van der Waals surface area (Å²) in [6.07, 6.45) is 5.95. The molecule has 3 heterocycles. The average molecular weight is 393 g/mol. The van der Waals surface area contributed by atoms with Crippen LogP contribution in [0, 0.1) is 12.8 Å². The largest absolute Gasteiger partial charge is 0.459 e. The van der Waals surface area contributed by atoms with Crippen molar-refractivity contribution in [2.75, 3.05) is 19.6 Å². The third-order valence-corrected chi connectivity index (χ3v) is 5.57. The van der Waals surface area contributed by atoms with Gasteiger partial charge in [0, 0.05) is 49.6 Å². The van der Waals surface area contributed by atoms with Crippen molar-refractivity contribution in [1.29, 1.82) is 0 Å². The zero-order valence-electron chi connectivity index (χ0n) is 17.1. The van der Waals surface area contributed by atoms with Gasteiger partial charge in [-0.3, -0.25) is 14.4 Å². The van der Waals surface area contributed by atoms with Gasteiger partial charge in [0.2, 0.25) is 0 Å². The lowest BCUT2D eigenvalue weighted by Crippen LogP contribution is -2.40. The summed E-state index contributed by atoms with van der Waals surface area (Å²) in [7, 11) is 1.97. The van der Waals surface area contributed by atoms with E-state index in [1.54, 1.807) is 6.26 Å². The zero-order chi connectivity index (χ0) is 20.2. The molecule has 4 rings (SSSR count). The smallest absolute Gasteiger partial charge is 0.287 e. The molecule has 1 amide bonds. The van der Waals surface area contributed by atoms with Gasteiger partial charge < -0.3 is 9.73 Å². The van der Waals surface area contributed by atoms with Crippen LogP contribution in [0.15, 0.2) is 53.3 Å². The van der Waals surface area contributed by atoms with Gasteiger partial charge in [-0.2, -0.15) is 5.10 Å². The van der Waals surface area contributed by atoms with E-state index in [2.05, 4.69) is 33.6 Å². The number of piperidine rings is 1. The molecule has 1 aromatic carbocycles. The Morgan fingerprint density at radius 3 is 2.86 bits per heavy atom. The van der Waals surface area contributed by atoms with Crippen LogP contribution in [0.25, 0.3) is 11.3 Å². The summed E-state index contributed by atoms with van der Waals surface area (Å²) in [5.74, 6) is 0.739. The van der Waals surface area contributed by atoms with Crippen LogP contribution in [0.4, 0.5) is 0 Å². The minimum Gasteiger partial charge on any atom is -0.459 e. The molecule has 0 bridgehead atoms. The maximum Gasteiger partial charge on any atom is 0.287 e. The third kappa shape index (κ3) is 4.59. The number of aromatic nitrogens is 2. The minimum atomic E-state index is -0.122. The fourth-order valence-electron chi connectivity index (χ4n) is 4.12. The second-order valence-electron chi connectivity index (χ2n) is 7.93. The van der Waals surface area contributed by atoms with Crippen molar-refractivity contribution in [3.63, 3.8) is 0 Å². The van der Waals surface area contributed by atoms with E-state index in [1.165, 1.54) is 5.56 Å². The van der Waals surface area contributed by atoms with Crippen LogP contribution < -0.4 is 5.32 Å². The van der Waals surface area contributed by atoms with Crippen molar-refractivity contribution < 1.29 is 9.21 Å². The average Bonchev–Trinajstić information content (AvgIpc) is 3.32. The molecule has 29 heavy (non-hydrogen) atoms. The van der Waals surface area contributed by atoms with E-state index in [-0.39, 0.29) is 5.91 Å². The van der Waals surface area contributed by atoms with Crippen molar-refractivity contribution in [2.45, 2.75) is 26.3 Å². The molecule has 1 atom stereocenters. The number of carbonyl (C=O) groups excluding carboxylic acids is 1. The summed E-state index contributed by atoms with van der Waals surface area (Å²) in [6, 6.07) is 12.2. The fourth-order valence-corrected chi connectivity index (χ4v) is 4.12. The Bertz CT molecular complexity index is 960. The summed E-state index contributed by atoms with van der Waals surface area (Å²) in [4.78, 5) is 14.8. The van der Waals surface area contributed by atoms with Crippen LogP contribution in [0.5, 0.6) is 0 Å². The first-order valence-corrected chi connectivity index (χ1v) is 10.2. The lowest BCUT2D eigenvalue weighted by atomic mass is 9.97. The number of nitrogens with zero attached hydrogens (tertiary/aromatic N) is 3. The number of nitrogens with one attached hydrogen (secondary N) is 1. The lowest BCUT2D eigenvalue weighted by molar-refractivity contribution is 0.0902. The molecule has 6 heteroatoms.